The maximum atomic E-state index is 11.4. The molecule has 0 aliphatic rings. The molecule has 0 rings (SSSR count). The molecule has 0 bridgehead atoms. The fraction of sp³-hybridized carbons (Fsp3) is 0.917. The third kappa shape index (κ3) is 8.43. The zero-order valence-corrected chi connectivity index (χ0v) is 10.7. The van der Waals surface area contributed by atoms with Crippen LogP contribution in [0.3, 0.4) is 0 Å². The molecule has 0 spiro atoms. The second kappa shape index (κ2) is 7.69. The van der Waals surface area contributed by atoms with Crippen LogP contribution in [-0.2, 0) is 9.53 Å². The average Bonchev–Trinajstić information content (AvgIpc) is 2.00. The van der Waals surface area contributed by atoms with Crippen molar-refractivity contribution in [3.8, 4) is 0 Å². The molecule has 0 aliphatic heterocycles. The molecule has 15 heavy (non-hydrogen) atoms. The Hall–Kier alpha value is -0.570. The number of esters is 1. The van der Waals surface area contributed by atoms with Crippen molar-refractivity contribution in [2.24, 2.45) is 11.8 Å². The highest BCUT2D eigenvalue weighted by Crippen LogP contribution is 2.03. The predicted molar refractivity (Wildman–Crippen MR) is 62.7 cm³/mol. The van der Waals surface area contributed by atoms with Gasteiger partial charge in [0.1, 0.15) is 0 Å². The van der Waals surface area contributed by atoms with Crippen molar-refractivity contribution in [2.75, 3.05) is 26.2 Å². The molecule has 90 valence electrons. The van der Waals surface area contributed by atoms with Gasteiger partial charge in [-0.05, 0) is 18.8 Å². The third-order valence-corrected chi connectivity index (χ3v) is 1.90. The Balaban J connectivity index is 4.05. The molecule has 3 nitrogen and oxygen atoms in total. The molecule has 0 saturated heterocycles. The summed E-state index contributed by atoms with van der Waals surface area (Å²) in [6.45, 7) is 13.3. The topological polar surface area (TPSA) is 29.5 Å². The minimum absolute atomic E-state index is 0.112. The second-order valence-corrected chi connectivity index (χ2v) is 4.79. The molecule has 0 atom stereocenters. The number of carbonyl (C=O) groups is 1. The number of carbonyl (C=O) groups excluding carboxylic acids is 1. The average molecular weight is 215 g/mol. The Morgan fingerprint density at radius 1 is 1.13 bits per heavy atom. The van der Waals surface area contributed by atoms with Crippen LogP contribution in [0.2, 0.25) is 0 Å². The van der Waals surface area contributed by atoms with Gasteiger partial charge < -0.3 is 4.74 Å². The van der Waals surface area contributed by atoms with E-state index in [9.17, 15) is 4.79 Å². The normalized spacial score (nSPS) is 11.5. The lowest BCUT2D eigenvalue weighted by Crippen LogP contribution is -2.36. The summed E-state index contributed by atoms with van der Waals surface area (Å²) < 4.78 is 4.95. The lowest BCUT2D eigenvalue weighted by molar-refractivity contribution is -0.144. The molecule has 0 aliphatic carbocycles. The third-order valence-electron chi connectivity index (χ3n) is 1.90. The van der Waals surface area contributed by atoms with E-state index in [1.807, 2.05) is 6.92 Å². The molecule has 0 N–H and O–H groups in total. The van der Waals surface area contributed by atoms with E-state index in [4.69, 9.17) is 4.74 Å². The zero-order chi connectivity index (χ0) is 11.8. The summed E-state index contributed by atoms with van der Waals surface area (Å²) in [6, 6.07) is 0. The quantitative estimate of drug-likeness (QED) is 0.610. The van der Waals surface area contributed by atoms with E-state index in [-0.39, 0.29) is 5.97 Å². The highest BCUT2D eigenvalue weighted by molar-refractivity contribution is 5.71. The summed E-state index contributed by atoms with van der Waals surface area (Å²) in [7, 11) is 0. The van der Waals surface area contributed by atoms with Gasteiger partial charge in [0.05, 0.1) is 13.2 Å². The molecule has 0 radical (unpaired) electrons. The summed E-state index contributed by atoms with van der Waals surface area (Å²) in [6.07, 6.45) is 0. The first-order chi connectivity index (χ1) is 6.95. The summed E-state index contributed by atoms with van der Waals surface area (Å²) in [5.41, 5.74) is 0. The Morgan fingerprint density at radius 2 is 1.60 bits per heavy atom. The second-order valence-electron chi connectivity index (χ2n) is 4.79. The van der Waals surface area contributed by atoms with Gasteiger partial charge in [0.15, 0.2) is 0 Å². The van der Waals surface area contributed by atoms with Crippen LogP contribution in [0.25, 0.3) is 0 Å². The fourth-order valence-electron chi connectivity index (χ4n) is 1.63. The van der Waals surface area contributed by atoms with Gasteiger partial charge >= 0.3 is 5.97 Å². The first-order valence-corrected chi connectivity index (χ1v) is 5.83. The van der Waals surface area contributed by atoms with E-state index in [2.05, 4.69) is 32.6 Å². The number of rotatable bonds is 7. The van der Waals surface area contributed by atoms with E-state index in [0.29, 0.717) is 25.0 Å². The Labute approximate surface area is 93.8 Å². The number of nitrogens with zero attached hydrogens (tertiary/aromatic N) is 1. The van der Waals surface area contributed by atoms with Crippen molar-refractivity contribution in [3.63, 3.8) is 0 Å². The summed E-state index contributed by atoms with van der Waals surface area (Å²) in [4.78, 5) is 13.5. The molecule has 0 unspecified atom stereocenters. The molecule has 0 heterocycles. The summed E-state index contributed by atoms with van der Waals surface area (Å²) in [5, 5.41) is 0. The lowest BCUT2D eigenvalue weighted by atomic mass is 10.1. The van der Waals surface area contributed by atoms with Crippen molar-refractivity contribution in [1.82, 2.24) is 4.90 Å². The first kappa shape index (κ1) is 14.4. The van der Waals surface area contributed by atoms with Gasteiger partial charge in [-0.1, -0.05) is 27.7 Å². The van der Waals surface area contributed by atoms with Gasteiger partial charge in [-0.25, -0.2) is 0 Å². The molecular formula is C12H25NO2. The summed E-state index contributed by atoms with van der Waals surface area (Å²) in [5.74, 6) is 1.05. The minimum atomic E-state index is -0.112. The molecule has 0 aromatic rings. The highest BCUT2D eigenvalue weighted by Gasteiger charge is 2.13. The van der Waals surface area contributed by atoms with Gasteiger partial charge in [-0.3, -0.25) is 9.69 Å². The van der Waals surface area contributed by atoms with Crippen LogP contribution in [0.1, 0.15) is 34.6 Å². The van der Waals surface area contributed by atoms with Crippen molar-refractivity contribution in [1.29, 1.82) is 0 Å². The monoisotopic (exact) mass is 215 g/mol. The lowest BCUT2D eigenvalue weighted by Gasteiger charge is -2.24. The van der Waals surface area contributed by atoms with E-state index in [1.165, 1.54) is 0 Å². The SMILES string of the molecule is CCOC(=O)CN(CC(C)C)CC(C)C. The number of hydrogen-bond donors (Lipinski definition) is 0. The van der Waals surface area contributed by atoms with Crippen LogP contribution in [-0.4, -0.2) is 37.1 Å². The Kier molecular flexibility index (Phi) is 7.39. The van der Waals surface area contributed by atoms with Crippen LogP contribution in [0.15, 0.2) is 0 Å². The number of hydrogen-bond acceptors (Lipinski definition) is 3. The highest BCUT2D eigenvalue weighted by atomic mass is 16.5. The van der Waals surface area contributed by atoms with Crippen LogP contribution in [0, 0.1) is 11.8 Å². The van der Waals surface area contributed by atoms with Crippen molar-refractivity contribution < 1.29 is 9.53 Å². The molecule has 0 saturated carbocycles. The van der Waals surface area contributed by atoms with Crippen LogP contribution >= 0.6 is 0 Å². The van der Waals surface area contributed by atoms with Gasteiger partial charge in [-0.2, -0.15) is 0 Å². The van der Waals surface area contributed by atoms with Crippen molar-refractivity contribution >= 4 is 5.97 Å². The predicted octanol–water partition coefficient (Wildman–Crippen LogP) is 2.16. The van der Waals surface area contributed by atoms with Gasteiger partial charge in [0.25, 0.3) is 0 Å². The molecule has 0 amide bonds. The van der Waals surface area contributed by atoms with Crippen LogP contribution in [0.4, 0.5) is 0 Å². The maximum absolute atomic E-state index is 11.4. The van der Waals surface area contributed by atoms with Crippen LogP contribution < -0.4 is 0 Å². The van der Waals surface area contributed by atoms with E-state index in [0.717, 1.165) is 13.1 Å². The fourth-order valence-corrected chi connectivity index (χ4v) is 1.63. The smallest absolute Gasteiger partial charge is 0.320 e. The van der Waals surface area contributed by atoms with Crippen LogP contribution in [0.5, 0.6) is 0 Å². The minimum Gasteiger partial charge on any atom is -0.465 e. The molecule has 0 aromatic carbocycles. The van der Waals surface area contributed by atoms with Gasteiger partial charge in [0.2, 0.25) is 0 Å². The number of ether oxygens (including phenoxy) is 1. The Bertz CT molecular complexity index is 168. The maximum Gasteiger partial charge on any atom is 0.320 e. The molecule has 0 aromatic heterocycles. The molecule has 3 heteroatoms. The molecular weight excluding hydrogens is 190 g/mol. The van der Waals surface area contributed by atoms with Gasteiger partial charge in [-0.15, -0.1) is 0 Å². The standard InChI is InChI=1S/C12H25NO2/c1-6-15-12(14)9-13(7-10(2)3)8-11(4)5/h10-11H,6-9H2,1-5H3. The Morgan fingerprint density at radius 3 is 1.93 bits per heavy atom. The zero-order valence-electron chi connectivity index (χ0n) is 10.7. The van der Waals surface area contributed by atoms with E-state index >= 15 is 0 Å². The summed E-state index contributed by atoms with van der Waals surface area (Å²) >= 11 is 0. The van der Waals surface area contributed by atoms with Crippen molar-refractivity contribution in [2.45, 2.75) is 34.6 Å². The van der Waals surface area contributed by atoms with E-state index in [1.54, 1.807) is 0 Å². The largest absolute Gasteiger partial charge is 0.465 e. The van der Waals surface area contributed by atoms with Gasteiger partial charge in [0, 0.05) is 13.1 Å². The molecule has 0 fully saturated rings. The van der Waals surface area contributed by atoms with E-state index < -0.39 is 0 Å². The van der Waals surface area contributed by atoms with Crippen molar-refractivity contribution in [3.05, 3.63) is 0 Å². The first-order valence-electron chi connectivity index (χ1n) is 5.83.